The summed E-state index contributed by atoms with van der Waals surface area (Å²) in [7, 11) is 0. The molecule has 0 spiro atoms. The average molecular weight is 414 g/mol. The number of anilines is 1. The van der Waals surface area contributed by atoms with E-state index in [-0.39, 0.29) is 11.2 Å². The van der Waals surface area contributed by atoms with Gasteiger partial charge in [-0.2, -0.15) is 0 Å². The quantitative estimate of drug-likeness (QED) is 0.498. The number of nitrogens with zero attached hydrogens (tertiary/aromatic N) is 3. The Hall–Kier alpha value is -3.38. The van der Waals surface area contributed by atoms with Crippen molar-refractivity contribution in [3.8, 4) is 11.4 Å². The van der Waals surface area contributed by atoms with Crippen molar-refractivity contribution in [2.75, 3.05) is 25.1 Å². The molecule has 0 bridgehead atoms. The first-order chi connectivity index (χ1) is 15.2. The molecule has 0 atom stereocenters. The van der Waals surface area contributed by atoms with Crippen LogP contribution in [-0.4, -0.2) is 34.7 Å². The zero-order valence-electron chi connectivity index (χ0n) is 17.1. The summed E-state index contributed by atoms with van der Waals surface area (Å²) in [5.74, 6) is 1.18. The maximum Gasteiger partial charge on any atom is 0.163 e. The second-order valence-electron chi connectivity index (χ2n) is 7.91. The molecule has 5 nitrogen and oxygen atoms in total. The minimum atomic E-state index is -0.221. The Bertz CT molecular complexity index is 1190. The second kappa shape index (κ2) is 8.40. The lowest BCUT2D eigenvalue weighted by molar-refractivity contribution is 0.0543. The van der Waals surface area contributed by atoms with Gasteiger partial charge in [-0.25, -0.2) is 14.4 Å². The van der Waals surface area contributed by atoms with Gasteiger partial charge in [0.25, 0.3) is 0 Å². The smallest absolute Gasteiger partial charge is 0.163 e. The number of ether oxygens (including phenoxy) is 1. The van der Waals surface area contributed by atoms with Gasteiger partial charge < -0.3 is 10.1 Å². The molecule has 5 rings (SSSR count). The van der Waals surface area contributed by atoms with Gasteiger partial charge in [0.15, 0.2) is 5.82 Å². The van der Waals surface area contributed by atoms with E-state index in [1.807, 2.05) is 42.5 Å². The van der Waals surface area contributed by atoms with Gasteiger partial charge in [-0.15, -0.1) is 0 Å². The van der Waals surface area contributed by atoms with E-state index in [0.29, 0.717) is 25.6 Å². The van der Waals surface area contributed by atoms with Crippen LogP contribution in [0.5, 0.6) is 0 Å². The molecule has 0 radical (unpaired) electrons. The molecule has 0 amide bonds. The third-order valence-corrected chi connectivity index (χ3v) is 6.00. The lowest BCUT2D eigenvalue weighted by Crippen LogP contribution is -2.40. The molecule has 1 aliphatic rings. The highest BCUT2D eigenvalue weighted by Crippen LogP contribution is 2.36. The minimum absolute atomic E-state index is 0.213. The molecule has 156 valence electrons. The molecule has 2 aromatic heterocycles. The summed E-state index contributed by atoms with van der Waals surface area (Å²) in [6.45, 7) is 1.95. The molecule has 1 saturated heterocycles. The first-order valence-electron chi connectivity index (χ1n) is 10.5. The number of nitrogens with one attached hydrogen (secondary N) is 1. The minimum Gasteiger partial charge on any atom is -0.381 e. The fourth-order valence-electron chi connectivity index (χ4n) is 4.24. The van der Waals surface area contributed by atoms with E-state index in [0.717, 1.165) is 40.7 Å². The maximum absolute atomic E-state index is 14.0. The van der Waals surface area contributed by atoms with Gasteiger partial charge >= 0.3 is 0 Å². The van der Waals surface area contributed by atoms with Crippen molar-refractivity contribution >= 4 is 16.7 Å². The highest BCUT2D eigenvalue weighted by molar-refractivity contribution is 5.90. The van der Waals surface area contributed by atoms with Crippen LogP contribution in [0.4, 0.5) is 10.2 Å². The summed E-state index contributed by atoms with van der Waals surface area (Å²) >= 11 is 0. The summed E-state index contributed by atoms with van der Waals surface area (Å²) in [5, 5.41) is 4.53. The van der Waals surface area contributed by atoms with Gasteiger partial charge in [-0.3, -0.25) is 4.98 Å². The fraction of sp³-hybridized carbons (Fsp3) is 0.240. The number of benzene rings is 2. The van der Waals surface area contributed by atoms with Gasteiger partial charge in [-0.05, 0) is 54.8 Å². The Morgan fingerprint density at radius 3 is 2.65 bits per heavy atom. The van der Waals surface area contributed by atoms with E-state index >= 15 is 0 Å². The van der Waals surface area contributed by atoms with Crippen molar-refractivity contribution in [3.63, 3.8) is 0 Å². The number of halogens is 1. The third-order valence-electron chi connectivity index (χ3n) is 6.00. The van der Waals surface area contributed by atoms with Crippen LogP contribution in [0.15, 0.2) is 73.1 Å². The molecule has 0 saturated carbocycles. The highest BCUT2D eigenvalue weighted by atomic mass is 19.1. The number of hydrogen-bond acceptors (Lipinski definition) is 5. The Kier molecular flexibility index (Phi) is 5.30. The molecule has 1 N–H and O–H groups in total. The van der Waals surface area contributed by atoms with Gasteiger partial charge in [0.1, 0.15) is 11.6 Å². The maximum atomic E-state index is 14.0. The van der Waals surface area contributed by atoms with Gasteiger partial charge in [0.05, 0.1) is 5.52 Å². The van der Waals surface area contributed by atoms with Crippen molar-refractivity contribution in [2.45, 2.75) is 18.3 Å². The Morgan fingerprint density at radius 2 is 1.84 bits per heavy atom. The van der Waals surface area contributed by atoms with Gasteiger partial charge in [-0.1, -0.05) is 24.3 Å². The molecule has 1 fully saturated rings. The zero-order chi connectivity index (χ0) is 21.1. The summed E-state index contributed by atoms with van der Waals surface area (Å²) < 4.78 is 19.6. The van der Waals surface area contributed by atoms with Crippen LogP contribution in [0.25, 0.3) is 22.3 Å². The normalized spacial score (nSPS) is 15.6. The predicted octanol–water partition coefficient (Wildman–Crippen LogP) is 4.99. The van der Waals surface area contributed by atoms with Gasteiger partial charge in [0, 0.05) is 48.5 Å². The largest absolute Gasteiger partial charge is 0.381 e. The number of rotatable bonds is 5. The molecular weight excluding hydrogens is 391 g/mol. The number of fused-ring (bicyclic) bond motifs is 1. The number of pyridine rings is 1. The van der Waals surface area contributed by atoms with Crippen LogP contribution in [0, 0.1) is 5.82 Å². The zero-order valence-corrected chi connectivity index (χ0v) is 17.1. The second-order valence-corrected chi connectivity index (χ2v) is 7.91. The standard InChI is InChI=1S/C25H23FN4O/c26-20-7-3-6-19(15-20)25(10-13-31-14-11-25)17-28-24-21-8-1-2-9-22(21)29-23(30-24)18-5-4-12-27-16-18/h1-9,12,15-16H,10-11,13-14,17H2,(H,28,29,30). The molecule has 0 unspecified atom stereocenters. The SMILES string of the molecule is Fc1cccc(C2(CNc3nc(-c4cccnc4)nc4ccccc34)CCOCC2)c1. The van der Waals surface area contributed by atoms with E-state index in [9.17, 15) is 4.39 Å². The Labute approximate surface area is 180 Å². The van der Waals surface area contributed by atoms with Crippen molar-refractivity contribution in [1.29, 1.82) is 0 Å². The highest BCUT2D eigenvalue weighted by Gasteiger charge is 2.35. The van der Waals surface area contributed by atoms with E-state index in [1.54, 1.807) is 24.5 Å². The van der Waals surface area contributed by atoms with Crippen LogP contribution in [0.3, 0.4) is 0 Å². The van der Waals surface area contributed by atoms with Gasteiger partial charge in [0.2, 0.25) is 0 Å². The molecule has 3 heterocycles. The fourth-order valence-corrected chi connectivity index (χ4v) is 4.24. The van der Waals surface area contributed by atoms with Crippen molar-refractivity contribution in [3.05, 3.63) is 84.4 Å². The number of para-hydroxylation sites is 1. The topological polar surface area (TPSA) is 59.9 Å². The van der Waals surface area contributed by atoms with Crippen LogP contribution < -0.4 is 5.32 Å². The Morgan fingerprint density at radius 1 is 0.968 bits per heavy atom. The van der Waals surface area contributed by atoms with E-state index < -0.39 is 0 Å². The number of aromatic nitrogens is 3. The first-order valence-corrected chi connectivity index (χ1v) is 10.5. The van der Waals surface area contributed by atoms with Crippen LogP contribution in [0.1, 0.15) is 18.4 Å². The van der Waals surface area contributed by atoms with E-state index in [2.05, 4.69) is 10.3 Å². The molecule has 4 aromatic rings. The molecule has 0 aliphatic carbocycles. The van der Waals surface area contributed by atoms with E-state index in [1.165, 1.54) is 6.07 Å². The predicted molar refractivity (Wildman–Crippen MR) is 119 cm³/mol. The third kappa shape index (κ3) is 3.99. The molecule has 31 heavy (non-hydrogen) atoms. The van der Waals surface area contributed by atoms with Crippen LogP contribution >= 0.6 is 0 Å². The summed E-state index contributed by atoms with van der Waals surface area (Å²) in [6, 6.07) is 18.7. The van der Waals surface area contributed by atoms with Crippen molar-refractivity contribution < 1.29 is 9.13 Å². The molecule has 1 aliphatic heterocycles. The summed E-state index contributed by atoms with van der Waals surface area (Å²) in [5.41, 5.74) is 2.50. The van der Waals surface area contributed by atoms with Crippen molar-refractivity contribution in [2.24, 2.45) is 0 Å². The first kappa shape index (κ1) is 19.6. The monoisotopic (exact) mass is 414 g/mol. The molecular formula is C25H23FN4O. The van der Waals surface area contributed by atoms with E-state index in [4.69, 9.17) is 14.7 Å². The number of hydrogen-bond donors (Lipinski definition) is 1. The summed E-state index contributed by atoms with van der Waals surface area (Å²) in [6.07, 6.45) is 5.14. The molecule has 6 heteroatoms. The van der Waals surface area contributed by atoms with Crippen molar-refractivity contribution in [1.82, 2.24) is 15.0 Å². The van der Waals surface area contributed by atoms with Crippen LogP contribution in [0.2, 0.25) is 0 Å². The Balaban J connectivity index is 1.53. The lowest BCUT2D eigenvalue weighted by Gasteiger charge is -2.38. The lowest BCUT2D eigenvalue weighted by atomic mass is 9.74. The van der Waals surface area contributed by atoms with Crippen LogP contribution in [-0.2, 0) is 10.2 Å². The average Bonchev–Trinajstić information content (AvgIpc) is 2.83. The summed E-state index contributed by atoms with van der Waals surface area (Å²) in [4.78, 5) is 13.8. The molecule has 2 aromatic carbocycles.